The molecule has 0 unspecified atom stereocenters. The fraction of sp³-hybridized carbons (Fsp3) is 0.839. The number of aliphatic carboxylic acids is 2. The van der Waals surface area contributed by atoms with Crippen molar-refractivity contribution in [2.24, 2.45) is 5.92 Å². The fourth-order valence-corrected chi connectivity index (χ4v) is 5.35. The van der Waals surface area contributed by atoms with Gasteiger partial charge in [0.1, 0.15) is 11.8 Å². The molecule has 1 atom stereocenters. The van der Waals surface area contributed by atoms with Gasteiger partial charge in [0, 0.05) is 38.3 Å². The Labute approximate surface area is 240 Å². The number of hydrogen-bond donors (Lipinski definition) is 3. The Balaban J connectivity index is 1.95. The maximum atomic E-state index is 12.5. The molecule has 0 aromatic rings. The smallest absolute Gasteiger partial charge is 0.326 e. The molecule has 9 heteroatoms. The number of carbonyl (C=O) groups excluding carboxylic acids is 3. The first-order chi connectivity index (χ1) is 19.2. The van der Waals surface area contributed by atoms with Crippen molar-refractivity contribution in [2.45, 2.75) is 148 Å². The highest BCUT2D eigenvalue weighted by Gasteiger charge is 2.30. The van der Waals surface area contributed by atoms with Gasteiger partial charge in [0.05, 0.1) is 0 Å². The molecular weight excluding hydrogens is 512 g/mol. The van der Waals surface area contributed by atoms with E-state index in [9.17, 15) is 29.1 Å². The quantitative estimate of drug-likeness (QED) is 0.124. The lowest BCUT2D eigenvalue weighted by molar-refractivity contribution is -0.144. The van der Waals surface area contributed by atoms with E-state index in [0.717, 1.165) is 38.5 Å². The Hall–Kier alpha value is -2.45. The van der Waals surface area contributed by atoms with Crippen LogP contribution in [-0.4, -0.2) is 63.8 Å². The summed E-state index contributed by atoms with van der Waals surface area (Å²) in [5.74, 6) is -2.72. The van der Waals surface area contributed by atoms with Gasteiger partial charge in [-0.1, -0.05) is 89.9 Å². The number of nitrogens with one attached hydrogen (secondary N) is 1. The molecular formula is C31H54N2O7. The van der Waals surface area contributed by atoms with Crippen molar-refractivity contribution >= 4 is 29.5 Å². The predicted molar refractivity (Wildman–Crippen MR) is 155 cm³/mol. The molecule has 0 radical (unpaired) electrons. The van der Waals surface area contributed by atoms with Crippen LogP contribution in [0.15, 0.2) is 0 Å². The van der Waals surface area contributed by atoms with Gasteiger partial charge in [-0.2, -0.15) is 0 Å². The van der Waals surface area contributed by atoms with E-state index in [4.69, 9.17) is 5.11 Å². The lowest BCUT2D eigenvalue weighted by atomic mass is 9.95. The summed E-state index contributed by atoms with van der Waals surface area (Å²) in [6, 6.07) is -1.19. The molecule has 0 aromatic carbocycles. The van der Waals surface area contributed by atoms with Crippen LogP contribution in [0.4, 0.5) is 0 Å². The summed E-state index contributed by atoms with van der Waals surface area (Å²) in [6.45, 7) is 2.32. The highest BCUT2D eigenvalue weighted by Crippen LogP contribution is 2.20. The molecule has 3 N–H and O–H groups in total. The Bertz CT molecular complexity index is 763. The second-order valence-corrected chi connectivity index (χ2v) is 11.5. The van der Waals surface area contributed by atoms with Crippen LogP contribution in [0.3, 0.4) is 0 Å². The van der Waals surface area contributed by atoms with Gasteiger partial charge < -0.3 is 20.4 Å². The van der Waals surface area contributed by atoms with E-state index in [2.05, 4.69) is 5.32 Å². The van der Waals surface area contributed by atoms with Crippen LogP contribution in [0.1, 0.15) is 142 Å². The van der Waals surface area contributed by atoms with E-state index >= 15 is 0 Å². The Kier molecular flexibility index (Phi) is 19.8. The van der Waals surface area contributed by atoms with E-state index in [1.807, 2.05) is 4.90 Å². The van der Waals surface area contributed by atoms with Crippen LogP contribution in [0.2, 0.25) is 0 Å². The second-order valence-electron chi connectivity index (χ2n) is 11.5. The molecule has 0 saturated carbocycles. The van der Waals surface area contributed by atoms with E-state index in [0.29, 0.717) is 38.8 Å². The summed E-state index contributed by atoms with van der Waals surface area (Å²) in [5.41, 5.74) is 0. The molecule has 40 heavy (non-hydrogen) atoms. The molecule has 1 rings (SSSR count). The number of nitrogens with zero attached hydrogens (tertiary/aromatic N) is 1. The lowest BCUT2D eigenvalue weighted by Gasteiger charge is -2.32. The normalized spacial score (nSPS) is 14.6. The van der Waals surface area contributed by atoms with E-state index < -0.39 is 18.0 Å². The minimum absolute atomic E-state index is 0.136. The molecule has 2 amide bonds. The largest absolute Gasteiger partial charge is 0.481 e. The minimum Gasteiger partial charge on any atom is -0.481 e. The molecule has 230 valence electrons. The number of ketones is 1. The summed E-state index contributed by atoms with van der Waals surface area (Å²) >= 11 is 0. The highest BCUT2D eigenvalue weighted by molar-refractivity contribution is 5.89. The number of carboxylic acid groups (broad SMARTS) is 2. The third kappa shape index (κ3) is 18.0. The number of piperidine rings is 1. The SMILES string of the molecule is CC(=O)C[C@@H](NC(=O)C1CCN(C(=O)CCCCCCCCCCCCCCCCCCC(=O)O)CC1)C(=O)O. The van der Waals surface area contributed by atoms with Crippen molar-refractivity contribution in [1.82, 2.24) is 10.2 Å². The van der Waals surface area contributed by atoms with Crippen molar-refractivity contribution in [3.63, 3.8) is 0 Å². The van der Waals surface area contributed by atoms with Crippen LogP contribution in [-0.2, 0) is 24.0 Å². The highest BCUT2D eigenvalue weighted by atomic mass is 16.4. The first-order valence-corrected chi connectivity index (χ1v) is 15.7. The number of likely N-dealkylation sites (tertiary alicyclic amines) is 1. The van der Waals surface area contributed by atoms with Crippen molar-refractivity contribution in [3.05, 3.63) is 0 Å². The van der Waals surface area contributed by atoms with Crippen LogP contribution in [0.5, 0.6) is 0 Å². The molecule has 0 spiro atoms. The summed E-state index contributed by atoms with van der Waals surface area (Å²) in [7, 11) is 0. The van der Waals surface area contributed by atoms with Gasteiger partial charge in [-0.3, -0.25) is 19.2 Å². The molecule has 1 fully saturated rings. The van der Waals surface area contributed by atoms with E-state index in [1.165, 1.54) is 71.1 Å². The Morgan fingerprint density at radius 3 is 1.45 bits per heavy atom. The first kappa shape index (κ1) is 35.6. The van der Waals surface area contributed by atoms with Gasteiger partial charge >= 0.3 is 11.9 Å². The zero-order valence-corrected chi connectivity index (χ0v) is 24.8. The van der Waals surface area contributed by atoms with Crippen LogP contribution in [0.25, 0.3) is 0 Å². The minimum atomic E-state index is -1.21. The van der Waals surface area contributed by atoms with Crippen molar-refractivity contribution in [2.75, 3.05) is 13.1 Å². The van der Waals surface area contributed by atoms with Gasteiger partial charge in [-0.25, -0.2) is 4.79 Å². The summed E-state index contributed by atoms with van der Waals surface area (Å²) < 4.78 is 0. The fourth-order valence-electron chi connectivity index (χ4n) is 5.35. The zero-order chi connectivity index (χ0) is 29.6. The number of rotatable bonds is 24. The standard InChI is InChI=1S/C31H54N2O7/c1-25(34)24-27(31(39)40)32-30(38)26-20-22-33(23-21-26)28(35)18-16-14-12-10-8-6-4-2-3-5-7-9-11-13-15-17-19-29(36)37/h26-27H,2-24H2,1H3,(H,32,38)(H,36,37)(H,39,40)/t27-/m1/s1. The molecule has 1 aliphatic heterocycles. The first-order valence-electron chi connectivity index (χ1n) is 15.7. The average molecular weight is 567 g/mol. The van der Waals surface area contributed by atoms with Crippen molar-refractivity contribution in [3.8, 4) is 0 Å². The number of carbonyl (C=O) groups is 5. The number of amides is 2. The van der Waals surface area contributed by atoms with Gasteiger partial charge in [-0.05, 0) is 32.6 Å². The molecule has 0 aliphatic carbocycles. The lowest BCUT2D eigenvalue weighted by Crippen LogP contribution is -2.48. The van der Waals surface area contributed by atoms with Gasteiger partial charge in [-0.15, -0.1) is 0 Å². The van der Waals surface area contributed by atoms with Crippen molar-refractivity contribution in [1.29, 1.82) is 0 Å². The maximum Gasteiger partial charge on any atom is 0.326 e. The monoisotopic (exact) mass is 566 g/mol. The second kappa shape index (κ2) is 22.3. The van der Waals surface area contributed by atoms with Gasteiger partial charge in [0.2, 0.25) is 11.8 Å². The van der Waals surface area contributed by atoms with Crippen molar-refractivity contribution < 1.29 is 34.2 Å². The van der Waals surface area contributed by atoms with Gasteiger partial charge in [0.25, 0.3) is 0 Å². The molecule has 9 nitrogen and oxygen atoms in total. The zero-order valence-electron chi connectivity index (χ0n) is 24.8. The number of carboxylic acids is 2. The van der Waals surface area contributed by atoms with E-state index in [-0.39, 0.29) is 29.9 Å². The maximum absolute atomic E-state index is 12.5. The number of hydrogen-bond acceptors (Lipinski definition) is 5. The van der Waals surface area contributed by atoms with Gasteiger partial charge in [0.15, 0.2) is 0 Å². The summed E-state index contributed by atoms with van der Waals surface area (Å²) in [6.07, 6.45) is 20.5. The molecule has 0 aromatic heterocycles. The average Bonchev–Trinajstić information content (AvgIpc) is 2.91. The van der Waals surface area contributed by atoms with Crippen LogP contribution in [0, 0.1) is 5.92 Å². The number of unbranched alkanes of at least 4 members (excludes halogenated alkanes) is 15. The Morgan fingerprint density at radius 2 is 1.07 bits per heavy atom. The third-order valence-corrected chi connectivity index (χ3v) is 7.86. The topological polar surface area (TPSA) is 141 Å². The molecule has 1 aliphatic rings. The molecule has 1 heterocycles. The summed E-state index contributed by atoms with van der Waals surface area (Å²) in [4.78, 5) is 59.8. The van der Waals surface area contributed by atoms with Crippen LogP contribution >= 0.6 is 0 Å². The number of Topliss-reactive ketones (excluding diaryl/α,β-unsaturated/α-hetero) is 1. The molecule has 1 saturated heterocycles. The molecule has 0 bridgehead atoms. The Morgan fingerprint density at radius 1 is 0.675 bits per heavy atom. The van der Waals surface area contributed by atoms with E-state index in [1.54, 1.807) is 0 Å². The summed E-state index contributed by atoms with van der Waals surface area (Å²) in [5, 5.41) is 20.3. The third-order valence-electron chi connectivity index (χ3n) is 7.86. The predicted octanol–water partition coefficient (Wildman–Crippen LogP) is 5.88. The van der Waals surface area contributed by atoms with Crippen LogP contribution < -0.4 is 5.32 Å².